The van der Waals surface area contributed by atoms with Gasteiger partial charge in [-0.1, -0.05) is 18.2 Å². The molecule has 0 amide bonds. The number of carbonyl (C=O) groups excluding carboxylic acids is 1. The van der Waals surface area contributed by atoms with E-state index in [-0.39, 0.29) is 5.25 Å². The van der Waals surface area contributed by atoms with Gasteiger partial charge in [0.15, 0.2) is 5.16 Å². The molecule has 1 unspecified atom stereocenters. The molecule has 15 heavy (non-hydrogen) atoms. The van der Waals surface area contributed by atoms with Crippen molar-refractivity contribution in [3.8, 4) is 0 Å². The lowest BCUT2D eigenvalue weighted by atomic mass is 9.99. The Morgan fingerprint density at radius 2 is 2.20 bits per heavy atom. The minimum absolute atomic E-state index is 0.0982. The fourth-order valence-corrected chi connectivity index (χ4v) is 2.86. The predicted octanol–water partition coefficient (Wildman–Crippen LogP) is 1.73. The van der Waals surface area contributed by atoms with Gasteiger partial charge in [0.2, 0.25) is 0 Å². The molecule has 0 saturated heterocycles. The first-order valence-electron chi connectivity index (χ1n) is 5.24. The van der Waals surface area contributed by atoms with Crippen molar-refractivity contribution in [1.82, 2.24) is 14.8 Å². The molecule has 0 aliphatic heterocycles. The van der Waals surface area contributed by atoms with Crippen LogP contribution in [0.1, 0.15) is 31.5 Å². The summed E-state index contributed by atoms with van der Waals surface area (Å²) in [6.45, 7) is 1.92. The molecule has 0 bridgehead atoms. The highest BCUT2D eigenvalue weighted by Crippen LogP contribution is 2.30. The second-order valence-electron chi connectivity index (χ2n) is 3.91. The summed E-state index contributed by atoms with van der Waals surface area (Å²) in [4.78, 5) is 11.6. The largest absolute Gasteiger partial charge is 0.309 e. The second-order valence-corrected chi connectivity index (χ2v) is 5.08. The molecule has 0 N–H and O–H groups in total. The molecule has 1 aromatic rings. The number of nitrogens with zero attached hydrogens (tertiary/aromatic N) is 3. The minimum atomic E-state index is 0.0982. The summed E-state index contributed by atoms with van der Waals surface area (Å²) in [6.07, 6.45) is 3.91. The summed E-state index contributed by atoms with van der Waals surface area (Å²) in [7, 11) is 1.94. The Labute approximate surface area is 93.5 Å². The molecule has 1 aliphatic rings. The normalized spacial score (nSPS) is 22.0. The van der Waals surface area contributed by atoms with Crippen molar-refractivity contribution < 1.29 is 4.79 Å². The van der Waals surface area contributed by atoms with Gasteiger partial charge < -0.3 is 4.57 Å². The van der Waals surface area contributed by atoms with Crippen LogP contribution < -0.4 is 0 Å². The molecular weight excluding hydrogens is 210 g/mol. The summed E-state index contributed by atoms with van der Waals surface area (Å²) in [5.41, 5.74) is 0. The lowest BCUT2D eigenvalue weighted by Crippen LogP contribution is -2.21. The Morgan fingerprint density at radius 3 is 2.80 bits per heavy atom. The van der Waals surface area contributed by atoms with Gasteiger partial charge in [0.1, 0.15) is 11.6 Å². The monoisotopic (exact) mass is 225 g/mol. The topological polar surface area (TPSA) is 47.8 Å². The van der Waals surface area contributed by atoms with E-state index in [0.29, 0.717) is 5.78 Å². The van der Waals surface area contributed by atoms with Crippen LogP contribution in [-0.2, 0) is 11.8 Å². The third-order valence-corrected chi connectivity index (χ3v) is 4.15. The molecule has 1 aromatic heterocycles. The molecule has 82 valence electrons. The second kappa shape index (κ2) is 4.35. The molecule has 1 fully saturated rings. The Hall–Kier alpha value is -0.840. The van der Waals surface area contributed by atoms with Gasteiger partial charge in [0, 0.05) is 13.5 Å². The van der Waals surface area contributed by atoms with Crippen LogP contribution in [0.15, 0.2) is 5.16 Å². The van der Waals surface area contributed by atoms with Gasteiger partial charge in [0.25, 0.3) is 0 Å². The highest BCUT2D eigenvalue weighted by Gasteiger charge is 2.24. The molecule has 0 spiro atoms. The van der Waals surface area contributed by atoms with Crippen molar-refractivity contribution >= 4 is 17.5 Å². The first-order chi connectivity index (χ1) is 7.18. The van der Waals surface area contributed by atoms with E-state index in [9.17, 15) is 4.79 Å². The molecule has 1 aliphatic carbocycles. The van der Waals surface area contributed by atoms with Crippen LogP contribution in [0.3, 0.4) is 0 Å². The number of thioether (sulfide) groups is 1. The number of aromatic nitrogens is 3. The zero-order chi connectivity index (χ0) is 10.8. The van der Waals surface area contributed by atoms with E-state index in [1.165, 1.54) is 0 Å². The number of ketones is 1. The van der Waals surface area contributed by atoms with Crippen molar-refractivity contribution in [3.63, 3.8) is 0 Å². The fourth-order valence-electron chi connectivity index (χ4n) is 1.69. The molecule has 1 heterocycles. The van der Waals surface area contributed by atoms with E-state index in [1.807, 2.05) is 18.5 Å². The van der Waals surface area contributed by atoms with E-state index in [2.05, 4.69) is 10.2 Å². The third-order valence-electron chi connectivity index (χ3n) is 2.80. The molecule has 1 saturated carbocycles. The summed E-state index contributed by atoms with van der Waals surface area (Å²) in [5.74, 6) is 1.26. The van der Waals surface area contributed by atoms with Crippen LogP contribution in [0, 0.1) is 6.92 Å². The number of Topliss-reactive ketones (excluding diaryl/α,β-unsaturated/α-hetero) is 1. The lowest BCUT2D eigenvalue weighted by Gasteiger charge is -2.18. The quantitative estimate of drug-likeness (QED) is 0.769. The third kappa shape index (κ3) is 2.22. The van der Waals surface area contributed by atoms with E-state index in [4.69, 9.17) is 0 Å². The Morgan fingerprint density at radius 1 is 1.40 bits per heavy atom. The zero-order valence-electron chi connectivity index (χ0n) is 9.06. The maximum absolute atomic E-state index is 11.6. The molecule has 0 radical (unpaired) electrons. The lowest BCUT2D eigenvalue weighted by molar-refractivity contribution is -0.119. The molecule has 5 heteroatoms. The van der Waals surface area contributed by atoms with Gasteiger partial charge in [0.05, 0.1) is 5.25 Å². The fraction of sp³-hybridized carbons (Fsp3) is 0.700. The van der Waals surface area contributed by atoms with E-state index < -0.39 is 0 Å². The Kier molecular flexibility index (Phi) is 3.09. The minimum Gasteiger partial charge on any atom is -0.309 e. The van der Waals surface area contributed by atoms with E-state index in [0.717, 1.165) is 36.7 Å². The molecular formula is C10H15N3OS. The van der Waals surface area contributed by atoms with Crippen LogP contribution in [0.5, 0.6) is 0 Å². The maximum atomic E-state index is 11.6. The summed E-state index contributed by atoms with van der Waals surface area (Å²) < 4.78 is 1.94. The van der Waals surface area contributed by atoms with Crippen molar-refractivity contribution in [2.24, 2.45) is 7.05 Å². The van der Waals surface area contributed by atoms with Crippen molar-refractivity contribution in [1.29, 1.82) is 0 Å². The van der Waals surface area contributed by atoms with Crippen LogP contribution in [0.4, 0.5) is 0 Å². The Balaban J connectivity index is 2.07. The number of carbonyl (C=O) groups is 1. The number of hydrogen-bond donors (Lipinski definition) is 0. The van der Waals surface area contributed by atoms with Crippen molar-refractivity contribution in [3.05, 3.63) is 5.82 Å². The average molecular weight is 225 g/mol. The summed E-state index contributed by atoms with van der Waals surface area (Å²) in [6, 6.07) is 0. The van der Waals surface area contributed by atoms with Crippen LogP contribution in [-0.4, -0.2) is 25.8 Å². The highest BCUT2D eigenvalue weighted by atomic mass is 32.2. The number of aryl methyl sites for hydroxylation is 1. The standard InChI is InChI=1S/C10H15N3OS/c1-7-11-12-10(13(7)2)15-9-6-4-3-5-8(9)14/h9H,3-6H2,1-2H3. The van der Waals surface area contributed by atoms with Gasteiger partial charge in [-0.15, -0.1) is 10.2 Å². The Bertz CT molecular complexity index is 375. The van der Waals surface area contributed by atoms with Crippen molar-refractivity contribution in [2.45, 2.75) is 43.0 Å². The van der Waals surface area contributed by atoms with Gasteiger partial charge in [-0.25, -0.2) is 0 Å². The van der Waals surface area contributed by atoms with Crippen LogP contribution in [0.25, 0.3) is 0 Å². The maximum Gasteiger partial charge on any atom is 0.191 e. The highest BCUT2D eigenvalue weighted by molar-refractivity contribution is 8.00. The summed E-state index contributed by atoms with van der Waals surface area (Å²) in [5, 5.41) is 9.01. The van der Waals surface area contributed by atoms with Crippen molar-refractivity contribution in [2.75, 3.05) is 0 Å². The molecule has 1 atom stereocenters. The van der Waals surface area contributed by atoms with Gasteiger partial charge >= 0.3 is 0 Å². The van der Waals surface area contributed by atoms with Gasteiger partial charge in [-0.05, 0) is 19.8 Å². The van der Waals surface area contributed by atoms with Gasteiger partial charge in [-0.3, -0.25) is 4.79 Å². The number of rotatable bonds is 2. The van der Waals surface area contributed by atoms with Crippen LogP contribution in [0.2, 0.25) is 0 Å². The van der Waals surface area contributed by atoms with E-state index >= 15 is 0 Å². The average Bonchev–Trinajstić information content (AvgIpc) is 2.53. The smallest absolute Gasteiger partial charge is 0.191 e. The zero-order valence-corrected chi connectivity index (χ0v) is 9.88. The first kappa shape index (κ1) is 10.7. The molecule has 2 rings (SSSR count). The van der Waals surface area contributed by atoms with Gasteiger partial charge in [-0.2, -0.15) is 0 Å². The predicted molar refractivity (Wildman–Crippen MR) is 58.9 cm³/mol. The summed E-state index contributed by atoms with van der Waals surface area (Å²) >= 11 is 1.56. The number of hydrogen-bond acceptors (Lipinski definition) is 4. The first-order valence-corrected chi connectivity index (χ1v) is 6.12. The molecule has 4 nitrogen and oxygen atoms in total. The van der Waals surface area contributed by atoms with Crippen LogP contribution >= 0.6 is 11.8 Å². The molecule has 0 aromatic carbocycles. The SMILES string of the molecule is Cc1nnc(SC2CCCCC2=O)n1C. The van der Waals surface area contributed by atoms with E-state index in [1.54, 1.807) is 11.8 Å².